The summed E-state index contributed by atoms with van der Waals surface area (Å²) in [4.78, 5) is 14.4. The van der Waals surface area contributed by atoms with Gasteiger partial charge in [-0.1, -0.05) is 18.6 Å². The van der Waals surface area contributed by atoms with Crippen molar-refractivity contribution in [2.24, 2.45) is 0 Å². The predicted molar refractivity (Wildman–Crippen MR) is 97.2 cm³/mol. The van der Waals surface area contributed by atoms with Crippen LogP contribution in [-0.2, 0) is 11.0 Å². The van der Waals surface area contributed by atoms with Gasteiger partial charge in [-0.05, 0) is 51.0 Å². The van der Waals surface area contributed by atoms with Crippen LogP contribution in [0.15, 0.2) is 30.3 Å². The van der Waals surface area contributed by atoms with Crippen LogP contribution in [0.2, 0.25) is 0 Å². The van der Waals surface area contributed by atoms with Gasteiger partial charge in [-0.3, -0.25) is 9.89 Å². The zero-order valence-electron chi connectivity index (χ0n) is 15.0. The molecule has 0 radical (unpaired) electrons. The first kappa shape index (κ1) is 19.4. The van der Waals surface area contributed by atoms with Gasteiger partial charge in [0, 0.05) is 18.1 Å². The van der Waals surface area contributed by atoms with Crippen LogP contribution in [0.4, 0.5) is 19.0 Å². The molecular weight excluding hydrogens is 357 g/mol. The summed E-state index contributed by atoms with van der Waals surface area (Å²) >= 11 is 0. The van der Waals surface area contributed by atoms with Gasteiger partial charge in [0.25, 0.3) is 0 Å². The highest BCUT2D eigenvalue weighted by atomic mass is 19.4. The van der Waals surface area contributed by atoms with E-state index in [0.29, 0.717) is 23.5 Å². The predicted octanol–water partition coefficient (Wildman–Crippen LogP) is 4.30. The fourth-order valence-corrected chi connectivity index (χ4v) is 3.22. The van der Waals surface area contributed by atoms with Gasteiger partial charge in [0.15, 0.2) is 0 Å². The molecule has 2 heterocycles. The molecule has 3 rings (SSSR count). The molecule has 27 heavy (non-hydrogen) atoms. The largest absolute Gasteiger partial charge is 0.416 e. The van der Waals surface area contributed by atoms with Crippen molar-refractivity contribution < 1.29 is 18.0 Å². The molecule has 1 amide bonds. The zero-order valence-corrected chi connectivity index (χ0v) is 15.0. The maximum atomic E-state index is 12.6. The highest BCUT2D eigenvalue weighted by Gasteiger charge is 2.30. The summed E-state index contributed by atoms with van der Waals surface area (Å²) in [6.45, 7) is 3.14. The number of piperidine rings is 1. The van der Waals surface area contributed by atoms with Gasteiger partial charge in [-0.2, -0.15) is 18.3 Å². The number of alkyl halides is 3. The molecule has 2 N–H and O–H groups in total. The summed E-state index contributed by atoms with van der Waals surface area (Å²) in [5.74, 6) is 0.336. The van der Waals surface area contributed by atoms with Crippen molar-refractivity contribution in [1.82, 2.24) is 15.1 Å². The lowest BCUT2D eigenvalue weighted by Gasteiger charge is -2.26. The Kier molecular flexibility index (Phi) is 6.15. The number of nitrogens with one attached hydrogen (secondary N) is 2. The Morgan fingerprint density at radius 3 is 2.52 bits per heavy atom. The number of hydrogen-bond donors (Lipinski definition) is 2. The molecule has 0 spiro atoms. The minimum Gasteiger partial charge on any atom is -0.311 e. The second kappa shape index (κ2) is 8.56. The van der Waals surface area contributed by atoms with E-state index in [1.165, 1.54) is 31.4 Å². The standard InChI is InChI=1S/C19H23F3N4O/c20-19(21,22)15-8-6-14(7-9-15)16-13-17(25-24-16)23-18(27)5-4-12-26-10-2-1-3-11-26/h6-9,13H,1-5,10-12H2,(H2,23,24,25,27). The number of carbonyl (C=O) groups excluding carboxylic acids is 1. The first-order chi connectivity index (χ1) is 12.9. The van der Waals surface area contributed by atoms with Crippen molar-refractivity contribution in [2.45, 2.75) is 38.3 Å². The summed E-state index contributed by atoms with van der Waals surface area (Å²) in [6.07, 6.45) is 0.604. The van der Waals surface area contributed by atoms with Gasteiger partial charge in [0.05, 0.1) is 11.3 Å². The van der Waals surface area contributed by atoms with Crippen molar-refractivity contribution in [3.8, 4) is 11.3 Å². The normalized spacial score (nSPS) is 15.7. The van der Waals surface area contributed by atoms with Crippen LogP contribution in [0.25, 0.3) is 11.3 Å². The molecule has 1 fully saturated rings. The second-order valence-electron chi connectivity index (χ2n) is 6.80. The van der Waals surface area contributed by atoms with Crippen LogP contribution < -0.4 is 5.32 Å². The quantitative estimate of drug-likeness (QED) is 0.786. The number of halogens is 3. The first-order valence-electron chi connectivity index (χ1n) is 9.17. The number of rotatable bonds is 6. The number of nitrogens with zero attached hydrogens (tertiary/aromatic N) is 2. The number of H-pyrrole nitrogens is 1. The van der Waals surface area contributed by atoms with E-state index in [-0.39, 0.29) is 5.91 Å². The van der Waals surface area contributed by atoms with Crippen LogP contribution in [0.5, 0.6) is 0 Å². The molecule has 1 aromatic carbocycles. The van der Waals surface area contributed by atoms with Gasteiger partial charge in [0.1, 0.15) is 5.82 Å². The molecule has 146 valence electrons. The third-order valence-electron chi connectivity index (χ3n) is 4.69. The maximum Gasteiger partial charge on any atom is 0.416 e. The van der Waals surface area contributed by atoms with Crippen molar-refractivity contribution in [3.63, 3.8) is 0 Å². The third-order valence-corrected chi connectivity index (χ3v) is 4.69. The van der Waals surface area contributed by atoms with Crippen LogP contribution in [0.1, 0.15) is 37.7 Å². The molecule has 1 saturated heterocycles. The summed E-state index contributed by atoms with van der Waals surface area (Å²) in [5, 5.41) is 9.51. The molecule has 0 unspecified atom stereocenters. The second-order valence-corrected chi connectivity index (χ2v) is 6.80. The smallest absolute Gasteiger partial charge is 0.311 e. The van der Waals surface area contributed by atoms with Gasteiger partial charge >= 0.3 is 6.18 Å². The van der Waals surface area contributed by atoms with Gasteiger partial charge in [-0.15, -0.1) is 0 Å². The average molecular weight is 380 g/mol. The van der Waals surface area contributed by atoms with E-state index in [1.54, 1.807) is 6.07 Å². The summed E-state index contributed by atoms with van der Waals surface area (Å²) in [5.41, 5.74) is 0.321. The van der Waals surface area contributed by atoms with E-state index in [9.17, 15) is 18.0 Å². The van der Waals surface area contributed by atoms with Crippen molar-refractivity contribution in [1.29, 1.82) is 0 Å². The van der Waals surface area contributed by atoms with Crippen molar-refractivity contribution in [3.05, 3.63) is 35.9 Å². The van der Waals surface area contributed by atoms with E-state index in [2.05, 4.69) is 20.4 Å². The number of amides is 1. The molecule has 1 aliphatic rings. The van der Waals surface area contributed by atoms with Crippen molar-refractivity contribution in [2.75, 3.05) is 25.0 Å². The number of likely N-dealkylation sites (tertiary alicyclic amines) is 1. The maximum absolute atomic E-state index is 12.6. The van der Waals surface area contributed by atoms with Crippen LogP contribution in [0, 0.1) is 0 Å². The number of benzene rings is 1. The molecule has 0 saturated carbocycles. The minimum atomic E-state index is -4.36. The van der Waals surface area contributed by atoms with E-state index >= 15 is 0 Å². The molecule has 1 aromatic heterocycles. The Labute approximate surface area is 155 Å². The molecule has 8 heteroatoms. The molecule has 0 bridgehead atoms. The Morgan fingerprint density at radius 1 is 1.15 bits per heavy atom. The van der Waals surface area contributed by atoms with Gasteiger partial charge in [0.2, 0.25) is 5.91 Å². The highest BCUT2D eigenvalue weighted by Crippen LogP contribution is 2.30. The number of hydrogen-bond acceptors (Lipinski definition) is 3. The van der Waals surface area contributed by atoms with E-state index in [4.69, 9.17) is 0 Å². The third kappa shape index (κ3) is 5.56. The van der Waals surface area contributed by atoms with E-state index < -0.39 is 11.7 Å². The zero-order chi connectivity index (χ0) is 19.3. The van der Waals surface area contributed by atoms with Gasteiger partial charge < -0.3 is 10.2 Å². The SMILES string of the molecule is O=C(CCCN1CCCCC1)Nc1cc(-c2ccc(C(F)(F)F)cc2)n[nH]1. The Hall–Kier alpha value is -2.35. The molecule has 1 aliphatic heterocycles. The summed E-state index contributed by atoms with van der Waals surface area (Å²) in [7, 11) is 0. The van der Waals surface area contributed by atoms with E-state index in [1.807, 2.05) is 0 Å². The van der Waals surface area contributed by atoms with Crippen LogP contribution >= 0.6 is 0 Å². The number of carbonyl (C=O) groups is 1. The molecule has 0 aliphatic carbocycles. The lowest BCUT2D eigenvalue weighted by atomic mass is 10.1. The Bertz CT molecular complexity index is 749. The monoisotopic (exact) mass is 380 g/mol. The summed E-state index contributed by atoms with van der Waals surface area (Å²) in [6, 6.07) is 6.38. The topological polar surface area (TPSA) is 61.0 Å². The molecule has 0 atom stereocenters. The molecule has 5 nitrogen and oxygen atoms in total. The Morgan fingerprint density at radius 2 is 1.85 bits per heavy atom. The summed E-state index contributed by atoms with van der Waals surface area (Å²) < 4.78 is 37.9. The van der Waals surface area contributed by atoms with E-state index in [0.717, 1.165) is 38.2 Å². The molecular formula is C19H23F3N4O. The fraction of sp³-hybridized carbons (Fsp3) is 0.474. The minimum absolute atomic E-state index is 0.102. The lowest BCUT2D eigenvalue weighted by Crippen LogP contribution is -2.31. The molecule has 2 aromatic rings. The van der Waals surface area contributed by atoms with Crippen LogP contribution in [-0.4, -0.2) is 40.6 Å². The lowest BCUT2D eigenvalue weighted by molar-refractivity contribution is -0.137. The van der Waals surface area contributed by atoms with Gasteiger partial charge in [-0.25, -0.2) is 0 Å². The first-order valence-corrected chi connectivity index (χ1v) is 9.17. The Balaban J connectivity index is 1.49. The van der Waals surface area contributed by atoms with Crippen molar-refractivity contribution >= 4 is 11.7 Å². The van der Waals surface area contributed by atoms with Crippen LogP contribution in [0.3, 0.4) is 0 Å². The fourth-order valence-electron chi connectivity index (χ4n) is 3.22. The highest BCUT2D eigenvalue weighted by molar-refractivity contribution is 5.90. The number of aromatic nitrogens is 2. The number of anilines is 1. The number of aromatic amines is 1. The average Bonchev–Trinajstić information content (AvgIpc) is 3.10.